The average Bonchev–Trinajstić information content (AvgIpc) is 2.43. The summed E-state index contributed by atoms with van der Waals surface area (Å²) in [5.41, 5.74) is 1.08. The number of amides is 1. The van der Waals surface area contributed by atoms with E-state index in [4.69, 9.17) is 9.84 Å². The van der Waals surface area contributed by atoms with Crippen LogP contribution in [0.2, 0.25) is 0 Å². The first kappa shape index (κ1) is 17.0. The van der Waals surface area contributed by atoms with Crippen molar-refractivity contribution in [3.8, 4) is 5.75 Å². The van der Waals surface area contributed by atoms with E-state index in [0.717, 1.165) is 12.0 Å². The van der Waals surface area contributed by atoms with Gasteiger partial charge in [0.15, 0.2) is 6.61 Å². The number of nitrogens with one attached hydrogen (secondary N) is 1. The van der Waals surface area contributed by atoms with Crippen molar-refractivity contribution < 1.29 is 19.4 Å². The number of carbonyl (C=O) groups excluding carboxylic acids is 1. The monoisotopic (exact) mass is 293 g/mol. The maximum atomic E-state index is 11.6. The molecular weight excluding hydrogens is 270 g/mol. The highest BCUT2D eigenvalue weighted by atomic mass is 16.5. The first-order chi connectivity index (χ1) is 9.97. The Balaban J connectivity index is 2.15. The minimum atomic E-state index is -0.780. The Morgan fingerprint density at radius 2 is 2.10 bits per heavy atom. The second-order valence-electron chi connectivity index (χ2n) is 5.28. The SMILES string of the molecule is Cc1cccc(OCC(=O)NCCC(C)CCC(=O)O)c1. The molecule has 1 aromatic carbocycles. The lowest BCUT2D eigenvalue weighted by molar-refractivity contribution is -0.137. The van der Waals surface area contributed by atoms with E-state index < -0.39 is 5.97 Å². The standard InChI is InChI=1S/C16H23NO4/c1-12(6-7-16(19)20)8-9-17-15(18)11-21-14-5-3-4-13(2)10-14/h3-5,10,12H,6-9,11H2,1-2H3,(H,17,18)(H,19,20). The average molecular weight is 293 g/mol. The van der Waals surface area contributed by atoms with Crippen LogP contribution in [-0.4, -0.2) is 30.1 Å². The van der Waals surface area contributed by atoms with Crippen LogP contribution < -0.4 is 10.1 Å². The minimum absolute atomic E-state index is 0.00698. The van der Waals surface area contributed by atoms with E-state index in [0.29, 0.717) is 18.7 Å². The number of hydrogen-bond acceptors (Lipinski definition) is 3. The van der Waals surface area contributed by atoms with Gasteiger partial charge in [0.05, 0.1) is 0 Å². The first-order valence-corrected chi connectivity index (χ1v) is 7.15. The molecule has 5 heteroatoms. The third-order valence-corrected chi connectivity index (χ3v) is 3.17. The molecule has 0 radical (unpaired) electrons. The fraction of sp³-hybridized carbons (Fsp3) is 0.500. The molecule has 0 fully saturated rings. The normalized spacial score (nSPS) is 11.7. The summed E-state index contributed by atoms with van der Waals surface area (Å²) < 4.78 is 5.40. The summed E-state index contributed by atoms with van der Waals surface area (Å²) in [6.45, 7) is 4.48. The van der Waals surface area contributed by atoms with E-state index >= 15 is 0 Å². The fourth-order valence-corrected chi connectivity index (χ4v) is 1.88. The summed E-state index contributed by atoms with van der Waals surface area (Å²) in [7, 11) is 0. The maximum Gasteiger partial charge on any atom is 0.303 e. The molecule has 2 N–H and O–H groups in total. The van der Waals surface area contributed by atoms with Gasteiger partial charge in [0, 0.05) is 13.0 Å². The van der Waals surface area contributed by atoms with Crippen molar-refractivity contribution in [3.05, 3.63) is 29.8 Å². The summed E-state index contributed by atoms with van der Waals surface area (Å²) in [4.78, 5) is 22.1. The van der Waals surface area contributed by atoms with E-state index in [9.17, 15) is 9.59 Å². The van der Waals surface area contributed by atoms with Gasteiger partial charge < -0.3 is 15.2 Å². The molecule has 1 atom stereocenters. The van der Waals surface area contributed by atoms with E-state index in [-0.39, 0.29) is 24.9 Å². The molecule has 0 bridgehead atoms. The summed E-state index contributed by atoms with van der Waals surface area (Å²) in [6.07, 6.45) is 1.57. The number of aliphatic carboxylic acids is 1. The molecule has 0 aliphatic carbocycles. The molecule has 1 rings (SSSR count). The van der Waals surface area contributed by atoms with Crippen LogP contribution in [0.5, 0.6) is 5.75 Å². The highest BCUT2D eigenvalue weighted by Gasteiger charge is 2.07. The topological polar surface area (TPSA) is 75.6 Å². The fourth-order valence-electron chi connectivity index (χ4n) is 1.88. The molecule has 1 amide bonds. The number of rotatable bonds is 9. The van der Waals surface area contributed by atoms with Crippen molar-refractivity contribution in [2.75, 3.05) is 13.2 Å². The quantitative estimate of drug-likeness (QED) is 0.733. The maximum absolute atomic E-state index is 11.6. The molecule has 5 nitrogen and oxygen atoms in total. The van der Waals surface area contributed by atoms with Crippen LogP contribution in [0, 0.1) is 12.8 Å². The smallest absolute Gasteiger partial charge is 0.303 e. The van der Waals surface area contributed by atoms with Gasteiger partial charge in [-0.3, -0.25) is 9.59 Å². The zero-order valence-electron chi connectivity index (χ0n) is 12.6. The summed E-state index contributed by atoms with van der Waals surface area (Å²) in [6, 6.07) is 7.54. The molecular formula is C16H23NO4. The van der Waals surface area contributed by atoms with Gasteiger partial charge in [0.1, 0.15) is 5.75 Å². The summed E-state index contributed by atoms with van der Waals surface area (Å²) >= 11 is 0. The van der Waals surface area contributed by atoms with Crippen molar-refractivity contribution in [3.63, 3.8) is 0 Å². The molecule has 21 heavy (non-hydrogen) atoms. The summed E-state index contributed by atoms with van der Waals surface area (Å²) in [5.74, 6) is 0.0125. The lowest BCUT2D eigenvalue weighted by Gasteiger charge is -2.11. The Labute approximate surface area is 125 Å². The Morgan fingerprint density at radius 3 is 2.76 bits per heavy atom. The molecule has 0 aliphatic heterocycles. The van der Waals surface area contributed by atoms with E-state index in [1.54, 1.807) is 0 Å². The van der Waals surface area contributed by atoms with Gasteiger partial charge in [0.2, 0.25) is 0 Å². The minimum Gasteiger partial charge on any atom is -0.484 e. The van der Waals surface area contributed by atoms with Crippen molar-refractivity contribution in [2.45, 2.75) is 33.1 Å². The Hall–Kier alpha value is -2.04. The predicted octanol–water partition coefficient (Wildman–Crippen LogP) is 2.38. The Kier molecular flexibility index (Phi) is 7.29. The van der Waals surface area contributed by atoms with Crippen LogP contribution in [0.25, 0.3) is 0 Å². The molecule has 116 valence electrons. The Bertz CT molecular complexity index is 473. The van der Waals surface area contributed by atoms with Crippen LogP contribution in [-0.2, 0) is 9.59 Å². The largest absolute Gasteiger partial charge is 0.484 e. The van der Waals surface area contributed by atoms with Crippen LogP contribution >= 0.6 is 0 Å². The lowest BCUT2D eigenvalue weighted by Crippen LogP contribution is -2.30. The third-order valence-electron chi connectivity index (χ3n) is 3.17. The zero-order chi connectivity index (χ0) is 15.7. The van der Waals surface area contributed by atoms with Crippen LogP contribution in [0.4, 0.5) is 0 Å². The zero-order valence-corrected chi connectivity index (χ0v) is 12.6. The van der Waals surface area contributed by atoms with Crippen LogP contribution in [0.1, 0.15) is 31.7 Å². The molecule has 1 aromatic rings. The van der Waals surface area contributed by atoms with Crippen molar-refractivity contribution >= 4 is 11.9 Å². The van der Waals surface area contributed by atoms with E-state index in [2.05, 4.69) is 5.32 Å². The van der Waals surface area contributed by atoms with Crippen LogP contribution in [0.3, 0.4) is 0 Å². The number of carboxylic acids is 1. The number of benzene rings is 1. The van der Waals surface area contributed by atoms with E-state index in [1.165, 1.54) is 0 Å². The van der Waals surface area contributed by atoms with Gasteiger partial charge in [0.25, 0.3) is 5.91 Å². The van der Waals surface area contributed by atoms with E-state index in [1.807, 2.05) is 38.1 Å². The number of hydrogen-bond donors (Lipinski definition) is 2. The molecule has 0 saturated heterocycles. The van der Waals surface area contributed by atoms with Gasteiger partial charge in [-0.15, -0.1) is 0 Å². The summed E-state index contributed by atoms with van der Waals surface area (Å²) in [5, 5.41) is 11.4. The number of aryl methyl sites for hydroxylation is 1. The third kappa shape index (κ3) is 7.97. The number of carbonyl (C=O) groups is 2. The van der Waals surface area contributed by atoms with Gasteiger partial charge in [-0.05, 0) is 43.4 Å². The molecule has 1 unspecified atom stereocenters. The first-order valence-electron chi connectivity index (χ1n) is 7.15. The predicted molar refractivity (Wildman–Crippen MR) is 80.3 cm³/mol. The molecule has 0 spiro atoms. The highest BCUT2D eigenvalue weighted by Crippen LogP contribution is 2.12. The van der Waals surface area contributed by atoms with Gasteiger partial charge in [-0.25, -0.2) is 0 Å². The second-order valence-corrected chi connectivity index (χ2v) is 5.28. The molecule has 0 aromatic heterocycles. The van der Waals surface area contributed by atoms with Crippen molar-refractivity contribution in [1.29, 1.82) is 0 Å². The van der Waals surface area contributed by atoms with Crippen molar-refractivity contribution in [1.82, 2.24) is 5.32 Å². The Morgan fingerprint density at radius 1 is 1.33 bits per heavy atom. The van der Waals surface area contributed by atoms with Gasteiger partial charge in [-0.2, -0.15) is 0 Å². The van der Waals surface area contributed by atoms with Gasteiger partial charge in [-0.1, -0.05) is 19.1 Å². The van der Waals surface area contributed by atoms with Crippen LogP contribution in [0.15, 0.2) is 24.3 Å². The highest BCUT2D eigenvalue weighted by molar-refractivity contribution is 5.77. The second kappa shape index (κ2) is 9.00. The molecule has 0 aliphatic rings. The van der Waals surface area contributed by atoms with Crippen molar-refractivity contribution in [2.24, 2.45) is 5.92 Å². The number of ether oxygens (including phenoxy) is 1. The number of carboxylic acid groups (broad SMARTS) is 1. The molecule has 0 saturated carbocycles. The molecule has 0 heterocycles. The van der Waals surface area contributed by atoms with Gasteiger partial charge >= 0.3 is 5.97 Å². The lowest BCUT2D eigenvalue weighted by atomic mass is 10.0.